The van der Waals surface area contributed by atoms with E-state index in [-0.39, 0.29) is 0 Å². The van der Waals surface area contributed by atoms with Crippen molar-refractivity contribution in [3.05, 3.63) is 23.5 Å². The van der Waals surface area contributed by atoms with Crippen molar-refractivity contribution in [3.8, 4) is 0 Å². The minimum absolute atomic E-state index is 0.684. The number of hydrogen-bond acceptors (Lipinski definition) is 2. The summed E-state index contributed by atoms with van der Waals surface area (Å²) in [6.45, 7) is 0. The zero-order valence-corrected chi connectivity index (χ0v) is 7.15. The average molecular weight is 185 g/mol. The van der Waals surface area contributed by atoms with E-state index >= 15 is 0 Å². The Bertz CT molecular complexity index is 396. The molecule has 0 aliphatic carbocycles. The van der Waals surface area contributed by atoms with E-state index < -0.39 is 0 Å². The van der Waals surface area contributed by atoms with Crippen molar-refractivity contribution in [2.75, 3.05) is 0 Å². The second-order valence-electron chi connectivity index (χ2n) is 2.23. The number of nitrogens with one attached hydrogen (secondary N) is 1. The number of halogens is 1. The third-order valence-corrected chi connectivity index (χ3v) is 2.02. The smallest absolute Gasteiger partial charge is 0.138 e. The summed E-state index contributed by atoms with van der Waals surface area (Å²) in [5.74, 6) is 0. The number of thiol groups is 1. The van der Waals surface area contributed by atoms with Crippen LogP contribution in [-0.2, 0) is 0 Å². The highest BCUT2D eigenvalue weighted by molar-refractivity contribution is 7.80. The van der Waals surface area contributed by atoms with Gasteiger partial charge in [-0.25, -0.2) is 4.98 Å². The Labute approximate surface area is 74.0 Å². The molecule has 0 bridgehead atoms. The second kappa shape index (κ2) is 2.43. The van der Waals surface area contributed by atoms with Crippen molar-refractivity contribution in [1.29, 1.82) is 0 Å². The van der Waals surface area contributed by atoms with Gasteiger partial charge in [0.05, 0.1) is 5.02 Å². The van der Waals surface area contributed by atoms with Crippen molar-refractivity contribution >= 4 is 35.3 Å². The van der Waals surface area contributed by atoms with Gasteiger partial charge in [0.25, 0.3) is 0 Å². The van der Waals surface area contributed by atoms with E-state index in [0.29, 0.717) is 5.02 Å². The summed E-state index contributed by atoms with van der Waals surface area (Å²) in [7, 11) is 0. The molecule has 0 unspecified atom stereocenters. The van der Waals surface area contributed by atoms with Crippen LogP contribution in [0, 0.1) is 0 Å². The molecule has 2 rings (SSSR count). The van der Waals surface area contributed by atoms with Gasteiger partial charge in [-0.1, -0.05) is 11.6 Å². The first kappa shape index (κ1) is 7.00. The Balaban J connectivity index is 2.87. The molecule has 4 heteroatoms. The van der Waals surface area contributed by atoms with Crippen molar-refractivity contribution < 1.29 is 0 Å². The predicted molar refractivity (Wildman–Crippen MR) is 48.4 cm³/mol. The van der Waals surface area contributed by atoms with Gasteiger partial charge in [-0.3, -0.25) is 0 Å². The molecule has 11 heavy (non-hydrogen) atoms. The SMILES string of the molecule is Sc1cnc2[nH]cc(Cl)c2c1. The fourth-order valence-electron chi connectivity index (χ4n) is 0.960. The number of fused-ring (bicyclic) bond motifs is 1. The van der Waals surface area contributed by atoms with Crippen molar-refractivity contribution in [3.63, 3.8) is 0 Å². The average Bonchev–Trinajstić information content (AvgIpc) is 2.33. The van der Waals surface area contributed by atoms with Crippen LogP contribution in [0.25, 0.3) is 11.0 Å². The maximum Gasteiger partial charge on any atom is 0.138 e. The third-order valence-electron chi connectivity index (χ3n) is 1.47. The topological polar surface area (TPSA) is 28.7 Å². The molecule has 0 radical (unpaired) electrons. The van der Waals surface area contributed by atoms with E-state index in [0.717, 1.165) is 15.9 Å². The molecule has 0 aromatic carbocycles. The Morgan fingerprint density at radius 2 is 2.36 bits per heavy atom. The Kier molecular flexibility index (Phi) is 1.55. The molecule has 1 N–H and O–H groups in total. The summed E-state index contributed by atoms with van der Waals surface area (Å²) >= 11 is 9.99. The third kappa shape index (κ3) is 1.10. The Hall–Kier alpha value is -0.670. The van der Waals surface area contributed by atoms with E-state index in [1.165, 1.54) is 0 Å². The van der Waals surface area contributed by atoms with E-state index in [1.807, 2.05) is 6.07 Å². The molecule has 2 heterocycles. The number of aromatic amines is 1. The molecule has 2 aromatic rings. The fraction of sp³-hybridized carbons (Fsp3) is 0. The Morgan fingerprint density at radius 1 is 1.55 bits per heavy atom. The lowest BCUT2D eigenvalue weighted by atomic mass is 10.3. The lowest BCUT2D eigenvalue weighted by Crippen LogP contribution is -1.74. The monoisotopic (exact) mass is 184 g/mol. The van der Waals surface area contributed by atoms with Crippen LogP contribution in [0.5, 0.6) is 0 Å². The van der Waals surface area contributed by atoms with Crippen molar-refractivity contribution in [2.24, 2.45) is 0 Å². The summed E-state index contributed by atoms with van der Waals surface area (Å²) < 4.78 is 0. The van der Waals surface area contributed by atoms with E-state index in [1.54, 1.807) is 12.4 Å². The first-order valence-electron chi connectivity index (χ1n) is 3.09. The molecule has 0 aliphatic rings. The zero-order valence-electron chi connectivity index (χ0n) is 5.50. The number of hydrogen-bond donors (Lipinski definition) is 2. The predicted octanol–water partition coefficient (Wildman–Crippen LogP) is 2.51. The van der Waals surface area contributed by atoms with Crippen LogP contribution in [0.4, 0.5) is 0 Å². The highest BCUT2D eigenvalue weighted by atomic mass is 35.5. The largest absolute Gasteiger partial charge is 0.345 e. The molecular formula is C7H5ClN2S. The van der Waals surface area contributed by atoms with Crippen molar-refractivity contribution in [1.82, 2.24) is 9.97 Å². The van der Waals surface area contributed by atoms with Crippen LogP contribution in [0.1, 0.15) is 0 Å². The van der Waals surface area contributed by atoms with Gasteiger partial charge < -0.3 is 4.98 Å². The van der Waals surface area contributed by atoms with Gasteiger partial charge in [-0.2, -0.15) is 0 Å². The molecular weight excluding hydrogens is 180 g/mol. The molecule has 2 nitrogen and oxygen atoms in total. The van der Waals surface area contributed by atoms with Crippen molar-refractivity contribution in [2.45, 2.75) is 4.90 Å². The molecule has 0 aliphatic heterocycles. The van der Waals surface area contributed by atoms with Crippen LogP contribution in [0.2, 0.25) is 5.02 Å². The van der Waals surface area contributed by atoms with Gasteiger partial charge in [-0.05, 0) is 6.07 Å². The molecule has 0 atom stereocenters. The molecule has 0 saturated carbocycles. The normalized spacial score (nSPS) is 10.7. The summed E-state index contributed by atoms with van der Waals surface area (Å²) in [4.78, 5) is 7.84. The van der Waals surface area contributed by atoms with E-state index in [9.17, 15) is 0 Å². The summed E-state index contributed by atoms with van der Waals surface area (Å²) in [5.41, 5.74) is 0.799. The van der Waals surface area contributed by atoms with Gasteiger partial charge in [0, 0.05) is 22.7 Å². The summed E-state index contributed by atoms with van der Waals surface area (Å²) in [5, 5.41) is 1.60. The summed E-state index contributed by atoms with van der Waals surface area (Å²) in [6.07, 6.45) is 3.39. The lowest BCUT2D eigenvalue weighted by molar-refractivity contribution is 1.27. The van der Waals surface area contributed by atoms with Crippen LogP contribution in [0.15, 0.2) is 23.4 Å². The van der Waals surface area contributed by atoms with Gasteiger partial charge in [0.2, 0.25) is 0 Å². The van der Waals surface area contributed by atoms with E-state index in [4.69, 9.17) is 11.6 Å². The molecule has 0 spiro atoms. The quantitative estimate of drug-likeness (QED) is 0.606. The maximum absolute atomic E-state index is 5.84. The molecule has 2 aromatic heterocycles. The van der Waals surface area contributed by atoms with Crippen LogP contribution < -0.4 is 0 Å². The molecule has 0 fully saturated rings. The standard InChI is InChI=1S/C7H5ClN2S/c8-6-3-10-7-5(6)1-4(11)2-9-7/h1-3,11H,(H,9,10). The summed E-state index contributed by atoms with van der Waals surface area (Å²) in [6, 6.07) is 1.88. The molecule has 0 saturated heterocycles. The van der Waals surface area contributed by atoms with Gasteiger partial charge in [0.15, 0.2) is 0 Å². The molecule has 0 amide bonds. The van der Waals surface area contributed by atoms with Gasteiger partial charge in [0.1, 0.15) is 5.65 Å². The first-order valence-corrected chi connectivity index (χ1v) is 3.91. The number of rotatable bonds is 0. The lowest BCUT2D eigenvalue weighted by Gasteiger charge is -1.90. The highest BCUT2D eigenvalue weighted by Crippen LogP contribution is 2.22. The highest BCUT2D eigenvalue weighted by Gasteiger charge is 2.00. The number of pyridine rings is 1. The Morgan fingerprint density at radius 3 is 3.18 bits per heavy atom. The maximum atomic E-state index is 5.84. The van der Waals surface area contributed by atoms with E-state index in [2.05, 4.69) is 22.6 Å². The minimum atomic E-state index is 0.684. The zero-order chi connectivity index (χ0) is 7.84. The minimum Gasteiger partial charge on any atom is -0.345 e. The number of nitrogens with zero attached hydrogens (tertiary/aromatic N) is 1. The second-order valence-corrected chi connectivity index (χ2v) is 3.15. The van der Waals surface area contributed by atoms with Gasteiger partial charge in [-0.15, -0.1) is 12.6 Å². The van der Waals surface area contributed by atoms with Crippen LogP contribution in [0.3, 0.4) is 0 Å². The molecule has 56 valence electrons. The fourth-order valence-corrected chi connectivity index (χ4v) is 1.35. The van der Waals surface area contributed by atoms with Crippen LogP contribution in [-0.4, -0.2) is 9.97 Å². The van der Waals surface area contributed by atoms with Crippen LogP contribution >= 0.6 is 24.2 Å². The van der Waals surface area contributed by atoms with Gasteiger partial charge >= 0.3 is 0 Å². The number of H-pyrrole nitrogens is 1. The number of aromatic nitrogens is 2. The first-order chi connectivity index (χ1) is 5.27.